The first-order valence-corrected chi connectivity index (χ1v) is 9.90. The van der Waals surface area contributed by atoms with Crippen LogP contribution >= 0.6 is 12.2 Å². The van der Waals surface area contributed by atoms with E-state index >= 15 is 0 Å². The highest BCUT2D eigenvalue weighted by atomic mass is 32.1. The lowest BCUT2D eigenvalue weighted by molar-refractivity contribution is 0.272. The molecule has 0 unspecified atom stereocenters. The minimum Gasteiger partial charge on any atom is -0.490 e. The van der Waals surface area contributed by atoms with Crippen LogP contribution in [0.2, 0.25) is 0 Å². The van der Waals surface area contributed by atoms with E-state index < -0.39 is 0 Å². The van der Waals surface area contributed by atoms with E-state index in [4.69, 9.17) is 21.7 Å². The Labute approximate surface area is 174 Å². The van der Waals surface area contributed by atoms with Gasteiger partial charge in [-0.05, 0) is 73.6 Å². The average molecular weight is 415 g/mol. The zero-order chi connectivity index (χ0) is 20.6. The number of aromatic amines is 1. The van der Waals surface area contributed by atoms with Crippen molar-refractivity contribution in [2.75, 3.05) is 13.2 Å². The first-order valence-electron chi connectivity index (χ1n) is 9.49. The monoisotopic (exact) mass is 414 g/mol. The number of hydrogen-bond donors (Lipinski definition) is 1. The van der Waals surface area contributed by atoms with Crippen molar-refractivity contribution >= 4 is 18.4 Å². The summed E-state index contributed by atoms with van der Waals surface area (Å²) in [4.78, 5) is 0. The van der Waals surface area contributed by atoms with E-state index in [0.717, 1.165) is 18.4 Å². The van der Waals surface area contributed by atoms with Gasteiger partial charge in [0.15, 0.2) is 17.3 Å². The third kappa shape index (κ3) is 5.29. The Hall–Kier alpha value is -3.00. The van der Waals surface area contributed by atoms with Crippen LogP contribution in [0.25, 0.3) is 11.4 Å². The molecule has 1 heterocycles. The lowest BCUT2D eigenvalue weighted by Gasteiger charge is -2.12. The van der Waals surface area contributed by atoms with Crippen molar-refractivity contribution in [2.24, 2.45) is 5.10 Å². The van der Waals surface area contributed by atoms with Crippen LogP contribution in [0.15, 0.2) is 47.6 Å². The second kappa shape index (κ2) is 9.97. The molecule has 0 aliphatic heterocycles. The second-order valence-electron chi connectivity index (χ2n) is 6.26. The van der Waals surface area contributed by atoms with Gasteiger partial charge in [0.2, 0.25) is 4.77 Å². The maximum absolute atomic E-state index is 13.2. The summed E-state index contributed by atoms with van der Waals surface area (Å²) in [5.74, 6) is 1.56. The van der Waals surface area contributed by atoms with Crippen LogP contribution in [-0.4, -0.2) is 34.3 Å². The largest absolute Gasteiger partial charge is 0.490 e. The molecule has 3 rings (SSSR count). The SMILES string of the molecule is CCCCOc1ccc(/C=N\n2c(-c3ccc(F)cc3)n[nH]c2=S)cc1OCC. The molecule has 152 valence electrons. The lowest BCUT2D eigenvalue weighted by atomic mass is 10.2. The zero-order valence-corrected chi connectivity index (χ0v) is 17.2. The van der Waals surface area contributed by atoms with Crippen molar-refractivity contribution in [2.45, 2.75) is 26.7 Å². The van der Waals surface area contributed by atoms with Gasteiger partial charge in [-0.25, -0.2) is 9.49 Å². The molecule has 2 aromatic carbocycles. The maximum atomic E-state index is 13.2. The molecular weight excluding hydrogens is 391 g/mol. The van der Waals surface area contributed by atoms with Crippen LogP contribution in [0.1, 0.15) is 32.3 Å². The number of halogens is 1. The first-order chi connectivity index (χ1) is 14.1. The second-order valence-corrected chi connectivity index (χ2v) is 6.64. The van der Waals surface area contributed by atoms with E-state index in [0.29, 0.717) is 40.9 Å². The molecule has 0 saturated carbocycles. The van der Waals surface area contributed by atoms with Crippen LogP contribution in [0.4, 0.5) is 4.39 Å². The predicted octanol–water partition coefficient (Wildman–Crippen LogP) is 5.21. The number of H-pyrrole nitrogens is 1. The summed E-state index contributed by atoms with van der Waals surface area (Å²) in [6, 6.07) is 11.6. The molecule has 0 aliphatic rings. The van der Waals surface area contributed by atoms with Crippen molar-refractivity contribution in [3.8, 4) is 22.9 Å². The fraction of sp³-hybridized carbons (Fsp3) is 0.286. The van der Waals surface area contributed by atoms with Crippen molar-refractivity contribution < 1.29 is 13.9 Å². The highest BCUT2D eigenvalue weighted by Crippen LogP contribution is 2.28. The molecule has 1 N–H and O–H groups in total. The number of ether oxygens (including phenoxy) is 2. The van der Waals surface area contributed by atoms with Crippen LogP contribution in [-0.2, 0) is 0 Å². The van der Waals surface area contributed by atoms with E-state index in [-0.39, 0.29) is 5.82 Å². The molecule has 0 radical (unpaired) electrons. The third-order valence-corrected chi connectivity index (χ3v) is 4.36. The van der Waals surface area contributed by atoms with Gasteiger partial charge >= 0.3 is 0 Å². The predicted molar refractivity (Wildman–Crippen MR) is 114 cm³/mol. The fourth-order valence-electron chi connectivity index (χ4n) is 2.63. The molecule has 0 amide bonds. The number of rotatable bonds is 9. The number of benzene rings is 2. The molecular formula is C21H23FN4O2S. The number of hydrogen-bond acceptors (Lipinski definition) is 5. The van der Waals surface area contributed by atoms with Crippen LogP contribution in [0.3, 0.4) is 0 Å². The van der Waals surface area contributed by atoms with E-state index in [1.807, 2.05) is 25.1 Å². The van der Waals surface area contributed by atoms with Gasteiger partial charge in [0, 0.05) is 5.56 Å². The standard InChI is InChI=1S/C21H23FN4O2S/c1-3-5-12-28-18-11-6-15(13-19(18)27-4-2)14-23-26-20(24-25-21(26)29)16-7-9-17(22)10-8-16/h6-11,13-14H,3-5,12H2,1-2H3,(H,25,29)/b23-14-. The molecule has 0 fully saturated rings. The Bertz CT molecular complexity index is 1030. The highest BCUT2D eigenvalue weighted by molar-refractivity contribution is 7.71. The first kappa shape index (κ1) is 20.7. The smallest absolute Gasteiger partial charge is 0.216 e. The zero-order valence-electron chi connectivity index (χ0n) is 16.4. The van der Waals surface area contributed by atoms with Crippen LogP contribution < -0.4 is 9.47 Å². The normalized spacial score (nSPS) is 11.1. The Morgan fingerprint density at radius 2 is 1.93 bits per heavy atom. The third-order valence-electron chi connectivity index (χ3n) is 4.10. The van der Waals surface area contributed by atoms with Crippen molar-refractivity contribution in [1.82, 2.24) is 14.9 Å². The summed E-state index contributed by atoms with van der Waals surface area (Å²) in [7, 11) is 0. The minimum atomic E-state index is -0.317. The summed E-state index contributed by atoms with van der Waals surface area (Å²) in [6.45, 7) is 5.23. The highest BCUT2D eigenvalue weighted by Gasteiger charge is 2.09. The molecule has 0 spiro atoms. The van der Waals surface area contributed by atoms with Crippen LogP contribution in [0, 0.1) is 10.6 Å². The van der Waals surface area contributed by atoms with Gasteiger partial charge < -0.3 is 9.47 Å². The quantitative estimate of drug-likeness (QED) is 0.297. The molecule has 0 atom stereocenters. The molecule has 0 bridgehead atoms. The average Bonchev–Trinajstić information content (AvgIpc) is 3.09. The van der Waals surface area contributed by atoms with E-state index in [9.17, 15) is 4.39 Å². The van der Waals surface area contributed by atoms with Gasteiger partial charge in [0.25, 0.3) is 0 Å². The summed E-state index contributed by atoms with van der Waals surface area (Å²) < 4.78 is 26.5. The van der Waals surface area contributed by atoms with Crippen molar-refractivity contribution in [3.05, 3.63) is 58.6 Å². The number of nitrogens with one attached hydrogen (secondary N) is 1. The molecule has 6 nitrogen and oxygen atoms in total. The lowest BCUT2D eigenvalue weighted by Crippen LogP contribution is -2.01. The van der Waals surface area contributed by atoms with E-state index in [1.165, 1.54) is 16.8 Å². The number of unbranched alkanes of at least 4 members (excludes halogenated alkanes) is 1. The maximum Gasteiger partial charge on any atom is 0.216 e. The number of nitrogens with zero attached hydrogens (tertiary/aromatic N) is 3. The Morgan fingerprint density at radius 3 is 2.66 bits per heavy atom. The van der Waals surface area contributed by atoms with Gasteiger partial charge in [-0.2, -0.15) is 14.9 Å². The molecule has 0 saturated heterocycles. The fourth-order valence-corrected chi connectivity index (χ4v) is 2.81. The number of aromatic nitrogens is 3. The van der Waals surface area contributed by atoms with E-state index in [1.54, 1.807) is 18.3 Å². The van der Waals surface area contributed by atoms with Gasteiger partial charge in [-0.1, -0.05) is 13.3 Å². The molecule has 3 aromatic rings. The van der Waals surface area contributed by atoms with Gasteiger partial charge in [0.05, 0.1) is 19.4 Å². The van der Waals surface area contributed by atoms with Crippen molar-refractivity contribution in [3.63, 3.8) is 0 Å². The van der Waals surface area contributed by atoms with Crippen molar-refractivity contribution in [1.29, 1.82) is 0 Å². The Balaban J connectivity index is 1.86. The van der Waals surface area contributed by atoms with Gasteiger partial charge in [0.1, 0.15) is 5.82 Å². The van der Waals surface area contributed by atoms with Gasteiger partial charge in [-0.15, -0.1) is 0 Å². The summed E-state index contributed by atoms with van der Waals surface area (Å²) in [5.41, 5.74) is 1.52. The Kier molecular flexibility index (Phi) is 7.13. The molecule has 29 heavy (non-hydrogen) atoms. The molecule has 1 aromatic heterocycles. The molecule has 8 heteroatoms. The molecule has 0 aliphatic carbocycles. The Morgan fingerprint density at radius 1 is 1.14 bits per heavy atom. The van der Waals surface area contributed by atoms with Gasteiger partial charge in [-0.3, -0.25) is 0 Å². The summed E-state index contributed by atoms with van der Waals surface area (Å²) in [5, 5.41) is 11.4. The summed E-state index contributed by atoms with van der Waals surface area (Å²) in [6.07, 6.45) is 3.72. The van der Waals surface area contributed by atoms with Crippen LogP contribution in [0.5, 0.6) is 11.5 Å². The summed E-state index contributed by atoms with van der Waals surface area (Å²) >= 11 is 5.27. The minimum absolute atomic E-state index is 0.317. The van der Waals surface area contributed by atoms with E-state index in [2.05, 4.69) is 22.2 Å². The topological polar surface area (TPSA) is 64.4 Å².